The van der Waals surface area contributed by atoms with E-state index in [9.17, 15) is 9.59 Å². The first-order valence-electron chi connectivity index (χ1n) is 8.43. The summed E-state index contributed by atoms with van der Waals surface area (Å²) in [5, 5.41) is 6.87. The van der Waals surface area contributed by atoms with Gasteiger partial charge in [-0.05, 0) is 58.6 Å². The molecule has 0 aliphatic rings. The Morgan fingerprint density at radius 3 is 2.32 bits per heavy atom. The molecular weight excluding hydrogens is 320 g/mol. The van der Waals surface area contributed by atoms with Crippen LogP contribution >= 0.6 is 0 Å². The first kappa shape index (κ1) is 20.9. The van der Waals surface area contributed by atoms with Crippen LogP contribution in [0.2, 0.25) is 0 Å². The van der Waals surface area contributed by atoms with E-state index in [2.05, 4.69) is 31.2 Å². The Morgan fingerprint density at radius 2 is 1.84 bits per heavy atom. The minimum atomic E-state index is -0.592. The Labute approximate surface area is 150 Å². The summed E-state index contributed by atoms with van der Waals surface area (Å²) in [5.41, 5.74) is 0.713. The minimum absolute atomic E-state index is 0.0675. The number of aromatic nitrogens is 1. The molecule has 0 bridgehead atoms. The number of carbonyl (C=O) groups excluding carboxylic acids is 2. The van der Waals surface area contributed by atoms with Gasteiger partial charge in [0.2, 0.25) is 0 Å². The van der Waals surface area contributed by atoms with Gasteiger partial charge in [0.1, 0.15) is 5.60 Å². The molecule has 0 unspecified atom stereocenters. The SMILES string of the molecule is CC(=O)/C=C\c1c(C)noc1[C@H](CC(C)(C)C)NC(=O)OC(C)(C)C. The number of alkyl carbamates (subject to hydrolysis) is 1. The molecule has 0 saturated heterocycles. The van der Waals surface area contributed by atoms with Gasteiger partial charge in [0.15, 0.2) is 11.5 Å². The van der Waals surface area contributed by atoms with Gasteiger partial charge in [-0.15, -0.1) is 0 Å². The van der Waals surface area contributed by atoms with Gasteiger partial charge in [0, 0.05) is 5.56 Å². The third-order valence-corrected chi connectivity index (χ3v) is 3.24. The summed E-state index contributed by atoms with van der Waals surface area (Å²) >= 11 is 0. The predicted octanol–water partition coefficient (Wildman–Crippen LogP) is 4.59. The second-order valence-electron chi connectivity index (χ2n) is 8.45. The molecule has 25 heavy (non-hydrogen) atoms. The lowest BCUT2D eigenvalue weighted by atomic mass is 9.86. The van der Waals surface area contributed by atoms with Crippen LogP contribution in [-0.2, 0) is 9.53 Å². The van der Waals surface area contributed by atoms with E-state index in [0.29, 0.717) is 23.4 Å². The first-order valence-corrected chi connectivity index (χ1v) is 8.43. The second-order valence-corrected chi connectivity index (χ2v) is 8.45. The fraction of sp³-hybridized carbons (Fsp3) is 0.632. The Morgan fingerprint density at radius 1 is 1.24 bits per heavy atom. The third-order valence-electron chi connectivity index (χ3n) is 3.24. The smallest absolute Gasteiger partial charge is 0.408 e. The molecule has 0 aromatic carbocycles. The van der Waals surface area contributed by atoms with Gasteiger partial charge in [-0.2, -0.15) is 0 Å². The van der Waals surface area contributed by atoms with Crippen LogP contribution in [0.4, 0.5) is 4.79 Å². The summed E-state index contributed by atoms with van der Waals surface area (Å²) in [6, 6.07) is -0.414. The quantitative estimate of drug-likeness (QED) is 0.786. The molecule has 0 aliphatic carbocycles. The molecule has 0 radical (unpaired) electrons. The maximum atomic E-state index is 12.2. The Kier molecular flexibility index (Phi) is 6.57. The van der Waals surface area contributed by atoms with E-state index in [1.54, 1.807) is 13.0 Å². The van der Waals surface area contributed by atoms with E-state index in [1.807, 2.05) is 20.8 Å². The van der Waals surface area contributed by atoms with Gasteiger partial charge in [-0.3, -0.25) is 4.79 Å². The number of amides is 1. The van der Waals surface area contributed by atoms with E-state index in [4.69, 9.17) is 9.26 Å². The van der Waals surface area contributed by atoms with Crippen molar-refractivity contribution in [3.05, 3.63) is 23.1 Å². The number of hydrogen-bond acceptors (Lipinski definition) is 5. The lowest BCUT2D eigenvalue weighted by Gasteiger charge is -2.27. The van der Waals surface area contributed by atoms with Gasteiger partial charge in [0.25, 0.3) is 0 Å². The van der Waals surface area contributed by atoms with Crippen LogP contribution < -0.4 is 5.32 Å². The van der Waals surface area contributed by atoms with Crippen LogP contribution in [0.1, 0.15) is 77.9 Å². The van der Waals surface area contributed by atoms with Crippen molar-refractivity contribution in [2.45, 2.75) is 73.5 Å². The molecule has 1 aromatic rings. The number of nitrogens with zero attached hydrogens (tertiary/aromatic N) is 1. The Balaban J connectivity index is 3.17. The predicted molar refractivity (Wildman–Crippen MR) is 97.1 cm³/mol. The first-order chi connectivity index (χ1) is 11.3. The number of ether oxygens (including phenoxy) is 1. The number of allylic oxidation sites excluding steroid dienone is 1. The summed E-state index contributed by atoms with van der Waals surface area (Å²) in [4.78, 5) is 23.5. The summed E-state index contributed by atoms with van der Waals surface area (Å²) in [5.74, 6) is 0.454. The highest BCUT2D eigenvalue weighted by Crippen LogP contribution is 2.33. The van der Waals surface area contributed by atoms with E-state index in [1.165, 1.54) is 13.0 Å². The van der Waals surface area contributed by atoms with E-state index < -0.39 is 17.7 Å². The fourth-order valence-corrected chi connectivity index (χ4v) is 2.32. The monoisotopic (exact) mass is 350 g/mol. The zero-order valence-corrected chi connectivity index (χ0v) is 16.5. The summed E-state index contributed by atoms with van der Waals surface area (Å²) in [6.45, 7) is 14.9. The number of hydrogen-bond donors (Lipinski definition) is 1. The molecule has 1 amide bonds. The van der Waals surface area contributed by atoms with Crippen molar-refractivity contribution in [3.8, 4) is 0 Å². The van der Waals surface area contributed by atoms with Crippen LogP contribution in [0.5, 0.6) is 0 Å². The lowest BCUT2D eigenvalue weighted by Crippen LogP contribution is -2.36. The molecule has 1 N–H and O–H groups in total. The molecule has 1 rings (SSSR count). The van der Waals surface area contributed by atoms with Gasteiger partial charge in [-0.1, -0.05) is 25.9 Å². The molecule has 140 valence electrons. The topological polar surface area (TPSA) is 81.4 Å². The lowest BCUT2D eigenvalue weighted by molar-refractivity contribution is -0.112. The van der Waals surface area contributed by atoms with Gasteiger partial charge in [-0.25, -0.2) is 4.79 Å². The average Bonchev–Trinajstić information content (AvgIpc) is 2.72. The molecule has 6 heteroatoms. The van der Waals surface area contributed by atoms with Crippen molar-refractivity contribution in [2.75, 3.05) is 0 Å². The number of rotatable bonds is 5. The Hall–Kier alpha value is -2.11. The zero-order chi connectivity index (χ0) is 19.4. The van der Waals surface area contributed by atoms with Crippen LogP contribution in [0.15, 0.2) is 10.6 Å². The molecule has 0 aliphatic heterocycles. The zero-order valence-electron chi connectivity index (χ0n) is 16.5. The maximum absolute atomic E-state index is 12.2. The highest BCUT2D eigenvalue weighted by Gasteiger charge is 2.29. The molecule has 1 heterocycles. The number of aryl methyl sites for hydroxylation is 1. The summed E-state index contributed by atoms with van der Waals surface area (Å²) < 4.78 is 10.8. The van der Waals surface area contributed by atoms with Crippen molar-refractivity contribution in [1.82, 2.24) is 10.5 Å². The molecule has 1 atom stereocenters. The number of carbonyl (C=O) groups is 2. The average molecular weight is 350 g/mol. The molecule has 6 nitrogen and oxygen atoms in total. The van der Waals surface area contributed by atoms with Gasteiger partial charge >= 0.3 is 6.09 Å². The van der Waals surface area contributed by atoms with E-state index >= 15 is 0 Å². The van der Waals surface area contributed by atoms with Crippen LogP contribution in [0.3, 0.4) is 0 Å². The third kappa shape index (κ3) is 7.54. The number of ketones is 1. The van der Waals surface area contributed by atoms with Gasteiger partial charge in [0.05, 0.1) is 11.7 Å². The van der Waals surface area contributed by atoms with Crippen LogP contribution in [0.25, 0.3) is 6.08 Å². The standard InChI is InChI=1S/C19H30N2O4/c1-12(22)9-10-14-13(2)21-25-16(14)15(11-18(3,4)5)20-17(23)24-19(6,7)8/h9-10,15H,11H2,1-8H3,(H,20,23)/b10-9-/t15-/m0/s1. The van der Waals surface area contributed by atoms with E-state index in [0.717, 1.165) is 0 Å². The maximum Gasteiger partial charge on any atom is 0.408 e. The van der Waals surface area contributed by atoms with E-state index in [-0.39, 0.29) is 11.2 Å². The second kappa shape index (κ2) is 7.85. The summed E-state index contributed by atoms with van der Waals surface area (Å²) in [7, 11) is 0. The molecule has 0 fully saturated rings. The largest absolute Gasteiger partial charge is 0.444 e. The number of nitrogens with one attached hydrogen (secondary N) is 1. The highest BCUT2D eigenvalue weighted by atomic mass is 16.6. The minimum Gasteiger partial charge on any atom is -0.444 e. The van der Waals surface area contributed by atoms with Crippen molar-refractivity contribution in [1.29, 1.82) is 0 Å². The van der Waals surface area contributed by atoms with Crippen molar-refractivity contribution in [3.63, 3.8) is 0 Å². The normalized spacial score (nSPS) is 13.8. The van der Waals surface area contributed by atoms with Gasteiger partial charge < -0.3 is 14.6 Å². The molecule has 0 spiro atoms. The Bertz CT molecular complexity index is 645. The molecule has 1 aromatic heterocycles. The van der Waals surface area contributed by atoms with Crippen molar-refractivity contribution < 1.29 is 18.8 Å². The molecular formula is C19H30N2O4. The fourth-order valence-electron chi connectivity index (χ4n) is 2.32. The van der Waals surface area contributed by atoms with Crippen molar-refractivity contribution >= 4 is 18.0 Å². The highest BCUT2D eigenvalue weighted by molar-refractivity contribution is 5.91. The van der Waals surface area contributed by atoms with Crippen molar-refractivity contribution in [2.24, 2.45) is 5.41 Å². The molecule has 0 saturated carbocycles. The van der Waals surface area contributed by atoms with Crippen LogP contribution in [0, 0.1) is 12.3 Å². The summed E-state index contributed by atoms with van der Waals surface area (Å²) in [6.07, 6.45) is 3.25. The van der Waals surface area contributed by atoms with Crippen LogP contribution in [-0.4, -0.2) is 22.6 Å².